The fourth-order valence-electron chi connectivity index (χ4n) is 1.33. The van der Waals surface area contributed by atoms with Crippen LogP contribution in [-0.4, -0.2) is 32.7 Å². The van der Waals surface area contributed by atoms with Gasteiger partial charge in [0.2, 0.25) is 0 Å². The van der Waals surface area contributed by atoms with Crippen molar-refractivity contribution < 1.29 is 24.2 Å². The molecule has 1 rings (SSSR count). The molecule has 0 aliphatic rings. The molecule has 8 heteroatoms. The number of carboxylic acid groups (broad SMARTS) is 1. The third-order valence-electron chi connectivity index (χ3n) is 2.51. The number of hydrogen-bond acceptors (Lipinski definition) is 5. The van der Waals surface area contributed by atoms with Crippen LogP contribution >= 0.6 is 27.5 Å². The van der Waals surface area contributed by atoms with Crippen molar-refractivity contribution >= 4 is 51.5 Å². The third kappa shape index (κ3) is 9.65. The zero-order valence-electron chi connectivity index (χ0n) is 13.8. The van der Waals surface area contributed by atoms with Gasteiger partial charge in [0.1, 0.15) is 16.5 Å². The lowest BCUT2D eigenvalue weighted by Gasteiger charge is -2.18. The Hall–Kier alpha value is -2.17. The summed E-state index contributed by atoms with van der Waals surface area (Å²) in [7, 11) is 0. The van der Waals surface area contributed by atoms with Crippen molar-refractivity contribution in [2.24, 2.45) is 0 Å². The molecule has 1 aromatic rings. The Morgan fingerprint density at radius 2 is 1.84 bits per heavy atom. The monoisotopic (exact) mass is 429 g/mol. The highest BCUT2D eigenvalue weighted by Crippen LogP contribution is 2.24. The first-order valence-electron chi connectivity index (χ1n) is 6.94. The van der Waals surface area contributed by atoms with Crippen LogP contribution < -0.4 is 0 Å². The van der Waals surface area contributed by atoms with Gasteiger partial charge in [0.25, 0.3) is 0 Å². The van der Waals surface area contributed by atoms with Crippen LogP contribution in [0, 0.1) is 11.3 Å². The van der Waals surface area contributed by atoms with E-state index >= 15 is 0 Å². The van der Waals surface area contributed by atoms with E-state index in [0.717, 1.165) is 6.92 Å². The lowest BCUT2D eigenvalue weighted by atomic mass is 10.1. The van der Waals surface area contributed by atoms with Crippen LogP contribution in [0.2, 0.25) is 0 Å². The van der Waals surface area contributed by atoms with Crippen LogP contribution in [0.4, 0.5) is 0 Å². The summed E-state index contributed by atoms with van der Waals surface area (Å²) in [5.74, 6) is -2.60. The highest BCUT2D eigenvalue weighted by Gasteiger charge is 2.30. The molecule has 0 heterocycles. The van der Waals surface area contributed by atoms with Gasteiger partial charge in [-0.1, -0.05) is 46.3 Å². The van der Waals surface area contributed by atoms with Gasteiger partial charge in [0, 0.05) is 6.92 Å². The van der Waals surface area contributed by atoms with Crippen molar-refractivity contribution in [2.75, 3.05) is 0 Å². The second-order valence-electron chi connectivity index (χ2n) is 5.23. The van der Waals surface area contributed by atoms with Crippen LogP contribution in [0.1, 0.15) is 26.3 Å². The number of rotatable bonds is 4. The molecule has 1 atom stereocenters. The van der Waals surface area contributed by atoms with Gasteiger partial charge in [-0.15, -0.1) is 11.6 Å². The number of hydrogen-bond donors (Lipinski definition) is 1. The number of alkyl halides is 2. The molecule has 0 radical (unpaired) electrons. The van der Waals surface area contributed by atoms with E-state index in [4.69, 9.17) is 22.0 Å². The maximum atomic E-state index is 11.3. The summed E-state index contributed by atoms with van der Waals surface area (Å²) in [5.41, 5.74) is 0.487. The molecule has 1 N–H and O–H groups in total. The number of ether oxygens (including phenoxy) is 1. The maximum Gasteiger partial charge on any atom is 0.356 e. The quantitative estimate of drug-likeness (QED) is 0.257. The average Bonchev–Trinajstić information content (AvgIpc) is 2.51. The molecular formula is C17H17BrClNO5. The molecule has 134 valence electrons. The van der Waals surface area contributed by atoms with E-state index < -0.39 is 27.6 Å². The number of carbonyl (C=O) groups is 3. The summed E-state index contributed by atoms with van der Waals surface area (Å²) < 4.78 is 4.31. The van der Waals surface area contributed by atoms with Crippen LogP contribution in [0.25, 0.3) is 6.08 Å². The predicted octanol–water partition coefficient (Wildman–Crippen LogP) is 3.54. The number of carboxylic acids is 1. The van der Waals surface area contributed by atoms with Crippen molar-refractivity contribution in [1.29, 1.82) is 5.26 Å². The lowest BCUT2D eigenvalue weighted by molar-refractivity contribution is -0.154. The minimum atomic E-state index is -0.935. The Balaban J connectivity index is 0.000000547. The number of esters is 2. The van der Waals surface area contributed by atoms with E-state index in [1.165, 1.54) is 6.08 Å². The molecule has 0 aliphatic carbocycles. The van der Waals surface area contributed by atoms with Gasteiger partial charge in [-0.2, -0.15) is 5.26 Å². The largest absolute Gasteiger partial charge is 0.480 e. The number of nitriles is 1. The molecule has 6 nitrogen and oxygen atoms in total. The first kappa shape index (κ1) is 22.8. The van der Waals surface area contributed by atoms with Crippen molar-refractivity contribution in [2.45, 2.75) is 30.5 Å². The predicted molar refractivity (Wildman–Crippen MR) is 97.1 cm³/mol. The topological polar surface area (TPSA) is 104 Å². The fourth-order valence-corrected chi connectivity index (χ4v) is 1.43. The molecule has 0 bridgehead atoms. The Morgan fingerprint density at radius 3 is 2.16 bits per heavy atom. The van der Waals surface area contributed by atoms with Crippen molar-refractivity contribution in [1.82, 2.24) is 0 Å². The minimum absolute atomic E-state index is 0.207. The molecule has 1 unspecified atom stereocenters. The molecule has 25 heavy (non-hydrogen) atoms. The summed E-state index contributed by atoms with van der Waals surface area (Å²) in [6.45, 7) is 4.39. The van der Waals surface area contributed by atoms with Gasteiger partial charge in [-0.25, -0.2) is 4.79 Å². The van der Waals surface area contributed by atoms with E-state index in [-0.39, 0.29) is 5.57 Å². The SMILES string of the molecule is CC(=O)OC(=O)/C(C#N)=C/c1ccccc1.CC(C)(Cl)C(Br)C(=O)O. The number of aliphatic carboxylic acids is 1. The van der Waals surface area contributed by atoms with Gasteiger partial charge in [-0.3, -0.25) is 9.59 Å². The lowest BCUT2D eigenvalue weighted by Crippen LogP contribution is -2.32. The first-order chi connectivity index (χ1) is 11.5. The Labute approximate surface area is 159 Å². The van der Waals surface area contributed by atoms with Crippen LogP contribution in [0.5, 0.6) is 0 Å². The summed E-state index contributed by atoms with van der Waals surface area (Å²) in [6.07, 6.45) is 1.37. The zero-order chi connectivity index (χ0) is 19.6. The first-order valence-corrected chi connectivity index (χ1v) is 8.23. The van der Waals surface area contributed by atoms with Crippen LogP contribution in [0.15, 0.2) is 35.9 Å². The highest BCUT2D eigenvalue weighted by atomic mass is 79.9. The van der Waals surface area contributed by atoms with Crippen molar-refractivity contribution in [3.8, 4) is 6.07 Å². The van der Waals surface area contributed by atoms with Crippen molar-refractivity contribution in [3.63, 3.8) is 0 Å². The molecule has 0 aromatic heterocycles. The summed E-state index contributed by atoms with van der Waals surface area (Å²) in [4.78, 5) is 30.6. The van der Waals surface area contributed by atoms with Gasteiger partial charge in [0.15, 0.2) is 0 Å². The standard InChI is InChI=1S/C12H9NO3.C5H8BrClO2/c1-9(14)16-12(15)11(8-13)7-10-5-3-2-4-6-10;1-5(2,7)3(6)4(8)9/h2-7H,1H3;3H,1-2H3,(H,8,9)/b11-7+;. The molecule has 1 aromatic carbocycles. The molecule has 0 fully saturated rings. The number of nitrogens with zero attached hydrogens (tertiary/aromatic N) is 1. The minimum Gasteiger partial charge on any atom is -0.480 e. The second-order valence-corrected chi connectivity index (χ2v) is 7.12. The Kier molecular flexibility index (Phi) is 9.72. The second kappa shape index (κ2) is 10.6. The summed E-state index contributed by atoms with van der Waals surface area (Å²) in [5, 5.41) is 17.1. The third-order valence-corrected chi connectivity index (χ3v) is 4.52. The van der Waals surface area contributed by atoms with Gasteiger partial charge in [0.05, 0.1) is 4.87 Å². The molecule has 0 saturated heterocycles. The van der Waals surface area contributed by atoms with Gasteiger partial charge < -0.3 is 9.84 Å². The number of carbonyl (C=O) groups excluding carboxylic acids is 2. The van der Waals surface area contributed by atoms with E-state index in [0.29, 0.717) is 5.56 Å². The normalized spacial score (nSPS) is 12.1. The van der Waals surface area contributed by atoms with E-state index in [1.54, 1.807) is 44.2 Å². The summed E-state index contributed by atoms with van der Waals surface area (Å²) >= 11 is 8.58. The molecular weight excluding hydrogens is 414 g/mol. The van der Waals surface area contributed by atoms with E-state index in [9.17, 15) is 14.4 Å². The smallest absolute Gasteiger partial charge is 0.356 e. The maximum absolute atomic E-state index is 11.3. The summed E-state index contributed by atoms with van der Waals surface area (Å²) in [6, 6.07) is 10.5. The number of benzene rings is 1. The molecule has 0 saturated carbocycles. The van der Waals surface area contributed by atoms with E-state index in [1.807, 2.05) is 6.07 Å². The van der Waals surface area contributed by atoms with Crippen LogP contribution in [0.3, 0.4) is 0 Å². The molecule has 0 spiro atoms. The number of halogens is 2. The Morgan fingerprint density at radius 1 is 1.32 bits per heavy atom. The van der Waals surface area contributed by atoms with E-state index in [2.05, 4.69) is 20.7 Å². The highest BCUT2D eigenvalue weighted by molar-refractivity contribution is 9.10. The average molecular weight is 431 g/mol. The van der Waals surface area contributed by atoms with Gasteiger partial charge >= 0.3 is 17.9 Å². The zero-order valence-corrected chi connectivity index (χ0v) is 16.2. The molecule has 0 aliphatic heterocycles. The van der Waals surface area contributed by atoms with Gasteiger partial charge in [-0.05, 0) is 25.5 Å². The van der Waals surface area contributed by atoms with Crippen molar-refractivity contribution in [3.05, 3.63) is 41.5 Å². The molecule has 0 amide bonds. The Bertz CT molecular complexity index is 689. The van der Waals surface area contributed by atoms with Crippen LogP contribution in [-0.2, 0) is 19.1 Å². The fraction of sp³-hybridized carbons (Fsp3) is 0.294.